The Balaban J connectivity index is 1.77. The maximum atomic E-state index is 12.2. The number of hydrogen-bond acceptors (Lipinski definition) is 3. The molecule has 0 fully saturated rings. The third-order valence-corrected chi connectivity index (χ3v) is 3.67. The molecule has 0 bridgehead atoms. The van der Waals surface area contributed by atoms with Gasteiger partial charge in [-0.3, -0.25) is 4.79 Å². The van der Waals surface area contributed by atoms with E-state index < -0.39 is 0 Å². The zero-order chi connectivity index (χ0) is 15.5. The molecule has 3 aromatic heterocycles. The van der Waals surface area contributed by atoms with Gasteiger partial charge in [0.05, 0.1) is 11.3 Å². The van der Waals surface area contributed by atoms with Gasteiger partial charge in [-0.25, -0.2) is 9.97 Å². The van der Waals surface area contributed by atoms with Gasteiger partial charge in [-0.1, -0.05) is 11.6 Å². The van der Waals surface area contributed by atoms with Crippen LogP contribution < -0.4 is 5.32 Å². The van der Waals surface area contributed by atoms with Gasteiger partial charge in [-0.05, 0) is 52.3 Å². The number of carbonyl (C=O) groups excluding carboxylic acids is 1. The number of halogens is 2. The number of rotatable bonds is 3. The standard InChI is InChI=1S/C15H10BrClN4O/c16-12-5-4-11(14(17)20-12)19-15(22)10-3-6-13(18-9-10)21-7-1-2-8-21/h1-9H,(H,19,22). The first-order valence-corrected chi connectivity index (χ1v) is 7.53. The molecule has 1 amide bonds. The van der Waals surface area contributed by atoms with E-state index in [1.54, 1.807) is 24.3 Å². The van der Waals surface area contributed by atoms with Crippen LogP contribution in [0.1, 0.15) is 10.4 Å². The summed E-state index contributed by atoms with van der Waals surface area (Å²) >= 11 is 9.19. The topological polar surface area (TPSA) is 59.8 Å². The summed E-state index contributed by atoms with van der Waals surface area (Å²) in [5.41, 5.74) is 0.888. The number of hydrogen-bond donors (Lipinski definition) is 1. The summed E-state index contributed by atoms with van der Waals surface area (Å²) in [6, 6.07) is 10.7. The van der Waals surface area contributed by atoms with Gasteiger partial charge < -0.3 is 9.88 Å². The number of carbonyl (C=O) groups is 1. The van der Waals surface area contributed by atoms with Gasteiger partial charge in [0.2, 0.25) is 0 Å². The zero-order valence-corrected chi connectivity index (χ0v) is 13.5. The molecule has 0 aliphatic rings. The van der Waals surface area contributed by atoms with Crippen LogP contribution in [0.3, 0.4) is 0 Å². The molecule has 3 rings (SSSR count). The minimum Gasteiger partial charge on any atom is -0.319 e. The smallest absolute Gasteiger partial charge is 0.257 e. The number of nitrogens with zero attached hydrogens (tertiary/aromatic N) is 3. The van der Waals surface area contributed by atoms with Crippen LogP contribution in [0.15, 0.2) is 59.6 Å². The van der Waals surface area contributed by atoms with Crippen molar-refractivity contribution in [3.05, 3.63) is 70.3 Å². The van der Waals surface area contributed by atoms with Crippen molar-refractivity contribution in [2.45, 2.75) is 0 Å². The fourth-order valence-electron chi connectivity index (χ4n) is 1.86. The van der Waals surface area contributed by atoms with Gasteiger partial charge in [-0.2, -0.15) is 0 Å². The quantitative estimate of drug-likeness (QED) is 0.703. The molecule has 1 N–H and O–H groups in total. The molecule has 0 radical (unpaired) electrons. The molecule has 0 unspecified atom stereocenters. The molecule has 3 aromatic rings. The first-order chi connectivity index (χ1) is 10.6. The molecule has 0 aliphatic carbocycles. The number of anilines is 1. The molecular weight excluding hydrogens is 368 g/mol. The van der Waals surface area contributed by atoms with Crippen LogP contribution in [0.25, 0.3) is 5.82 Å². The zero-order valence-electron chi connectivity index (χ0n) is 11.2. The molecule has 0 atom stereocenters. The Kier molecular flexibility index (Phi) is 4.22. The lowest BCUT2D eigenvalue weighted by Crippen LogP contribution is -2.13. The fraction of sp³-hybridized carbons (Fsp3) is 0. The summed E-state index contributed by atoms with van der Waals surface area (Å²) in [7, 11) is 0. The van der Waals surface area contributed by atoms with Crippen molar-refractivity contribution >= 4 is 39.1 Å². The predicted octanol–water partition coefficient (Wildman–Crippen LogP) is 3.94. The predicted molar refractivity (Wildman–Crippen MR) is 88.5 cm³/mol. The molecule has 0 saturated heterocycles. The summed E-state index contributed by atoms with van der Waals surface area (Å²) in [5, 5.41) is 2.93. The van der Waals surface area contributed by atoms with Crippen LogP contribution in [0.4, 0.5) is 5.69 Å². The highest BCUT2D eigenvalue weighted by atomic mass is 79.9. The van der Waals surface area contributed by atoms with Crippen molar-refractivity contribution in [3.63, 3.8) is 0 Å². The normalized spacial score (nSPS) is 10.5. The largest absolute Gasteiger partial charge is 0.319 e. The second-order valence-electron chi connectivity index (χ2n) is 4.42. The van der Waals surface area contributed by atoms with Crippen molar-refractivity contribution in [1.82, 2.24) is 14.5 Å². The first kappa shape index (κ1) is 14.7. The molecule has 0 aromatic carbocycles. The molecule has 22 heavy (non-hydrogen) atoms. The Morgan fingerprint density at radius 2 is 1.95 bits per heavy atom. The SMILES string of the molecule is O=C(Nc1ccc(Br)nc1Cl)c1ccc(-n2cccc2)nc1. The minimum atomic E-state index is -0.294. The van der Waals surface area contributed by atoms with Crippen LogP contribution in [-0.4, -0.2) is 20.4 Å². The van der Waals surface area contributed by atoms with Gasteiger partial charge in [0, 0.05) is 18.6 Å². The molecule has 0 aliphatic heterocycles. The van der Waals surface area contributed by atoms with Crippen LogP contribution in [0, 0.1) is 0 Å². The van der Waals surface area contributed by atoms with E-state index in [2.05, 4.69) is 31.2 Å². The summed E-state index contributed by atoms with van der Waals surface area (Å²) < 4.78 is 2.46. The number of nitrogens with one attached hydrogen (secondary N) is 1. The van der Waals surface area contributed by atoms with Crippen LogP contribution >= 0.6 is 27.5 Å². The van der Waals surface area contributed by atoms with E-state index in [1.807, 2.05) is 29.1 Å². The summed E-state index contributed by atoms with van der Waals surface area (Å²) in [4.78, 5) is 20.5. The monoisotopic (exact) mass is 376 g/mol. The van der Waals surface area contributed by atoms with E-state index in [-0.39, 0.29) is 11.1 Å². The average molecular weight is 378 g/mol. The lowest BCUT2D eigenvalue weighted by Gasteiger charge is -2.07. The van der Waals surface area contributed by atoms with E-state index >= 15 is 0 Å². The molecule has 0 saturated carbocycles. The minimum absolute atomic E-state index is 0.222. The lowest BCUT2D eigenvalue weighted by molar-refractivity contribution is 0.102. The van der Waals surface area contributed by atoms with Gasteiger partial charge in [-0.15, -0.1) is 0 Å². The maximum absolute atomic E-state index is 12.2. The lowest BCUT2D eigenvalue weighted by atomic mass is 10.2. The summed E-state index contributed by atoms with van der Waals surface area (Å²) in [6.45, 7) is 0. The van der Waals surface area contributed by atoms with E-state index in [9.17, 15) is 4.79 Å². The molecule has 0 spiro atoms. The van der Waals surface area contributed by atoms with Crippen molar-refractivity contribution in [2.24, 2.45) is 0 Å². The Hall–Kier alpha value is -2.18. The number of amides is 1. The van der Waals surface area contributed by atoms with E-state index in [1.165, 1.54) is 6.20 Å². The fourth-order valence-corrected chi connectivity index (χ4v) is 2.47. The van der Waals surface area contributed by atoms with Crippen molar-refractivity contribution in [1.29, 1.82) is 0 Å². The van der Waals surface area contributed by atoms with Crippen molar-refractivity contribution in [3.8, 4) is 5.82 Å². The molecule has 110 valence electrons. The third-order valence-electron chi connectivity index (χ3n) is 2.94. The van der Waals surface area contributed by atoms with Gasteiger partial charge in [0.15, 0.2) is 5.15 Å². The second kappa shape index (κ2) is 6.29. The number of aromatic nitrogens is 3. The highest BCUT2D eigenvalue weighted by Gasteiger charge is 2.10. The second-order valence-corrected chi connectivity index (χ2v) is 5.59. The summed E-state index contributed by atoms with van der Waals surface area (Å²) in [6.07, 6.45) is 5.29. The van der Waals surface area contributed by atoms with Crippen LogP contribution in [0.2, 0.25) is 5.15 Å². The maximum Gasteiger partial charge on any atom is 0.257 e. The van der Waals surface area contributed by atoms with Crippen molar-refractivity contribution in [2.75, 3.05) is 5.32 Å². The van der Waals surface area contributed by atoms with E-state index in [4.69, 9.17) is 11.6 Å². The first-order valence-electron chi connectivity index (χ1n) is 6.36. The number of pyridine rings is 2. The van der Waals surface area contributed by atoms with Crippen molar-refractivity contribution < 1.29 is 4.79 Å². The van der Waals surface area contributed by atoms with E-state index in [0.717, 1.165) is 5.82 Å². The Bertz CT molecular complexity index is 803. The Labute approximate surface area is 140 Å². The Morgan fingerprint density at radius 3 is 2.59 bits per heavy atom. The van der Waals surface area contributed by atoms with Crippen LogP contribution in [0.5, 0.6) is 0 Å². The van der Waals surface area contributed by atoms with Gasteiger partial charge in [0.1, 0.15) is 10.4 Å². The molecule has 5 nitrogen and oxygen atoms in total. The van der Waals surface area contributed by atoms with Gasteiger partial charge >= 0.3 is 0 Å². The van der Waals surface area contributed by atoms with Crippen LogP contribution in [-0.2, 0) is 0 Å². The molecule has 3 heterocycles. The highest BCUT2D eigenvalue weighted by Crippen LogP contribution is 2.22. The third kappa shape index (κ3) is 3.18. The Morgan fingerprint density at radius 1 is 1.18 bits per heavy atom. The average Bonchev–Trinajstić information content (AvgIpc) is 3.04. The van der Waals surface area contributed by atoms with E-state index in [0.29, 0.717) is 15.9 Å². The highest BCUT2D eigenvalue weighted by molar-refractivity contribution is 9.10. The molecular formula is C15H10BrClN4O. The summed E-state index contributed by atoms with van der Waals surface area (Å²) in [5.74, 6) is 0.447. The molecule has 7 heteroatoms. The van der Waals surface area contributed by atoms with Gasteiger partial charge in [0.25, 0.3) is 5.91 Å².